The topological polar surface area (TPSA) is 112 Å². The van der Waals surface area contributed by atoms with Crippen molar-refractivity contribution in [2.75, 3.05) is 131 Å². The van der Waals surface area contributed by atoms with Crippen LogP contribution in [-0.2, 0) is 20.0 Å². The van der Waals surface area contributed by atoms with Crippen molar-refractivity contribution < 1.29 is 16.8 Å². The Kier molecular flexibility index (Phi) is 14.7. The lowest BCUT2D eigenvalue weighted by atomic mass is 10.1. The fourth-order valence-corrected chi connectivity index (χ4v) is 9.74. The molecule has 0 unspecified atom stereocenters. The van der Waals surface area contributed by atoms with E-state index in [1.807, 2.05) is 98.7 Å². The summed E-state index contributed by atoms with van der Waals surface area (Å²) in [7, 11) is 4.70. The Morgan fingerprint density at radius 3 is 1.26 bits per heavy atom. The van der Waals surface area contributed by atoms with Crippen LogP contribution in [0, 0.1) is 0 Å². The molecule has 4 aromatic rings. The number of nitrogens with one attached hydrogen (secondary N) is 2. The normalized spacial score (nSPS) is 17.1. The van der Waals surface area contributed by atoms with Gasteiger partial charge in [0.2, 0.25) is 20.0 Å². The van der Waals surface area contributed by atoms with Crippen molar-refractivity contribution in [2.24, 2.45) is 0 Å². The van der Waals surface area contributed by atoms with Crippen LogP contribution >= 0.6 is 0 Å². The van der Waals surface area contributed by atoms with Crippen LogP contribution < -0.4 is 19.2 Å². The second-order valence-corrected chi connectivity index (χ2v) is 18.3. The molecule has 296 valence electrons. The van der Waals surface area contributed by atoms with Crippen molar-refractivity contribution in [1.82, 2.24) is 29.0 Å². The van der Waals surface area contributed by atoms with E-state index in [0.29, 0.717) is 36.0 Å². The highest BCUT2D eigenvalue weighted by Crippen LogP contribution is 2.31. The highest BCUT2D eigenvalue weighted by molar-refractivity contribution is 7.90. The van der Waals surface area contributed by atoms with Gasteiger partial charge in [0.25, 0.3) is 0 Å². The fraction of sp³-hybridized carbons (Fsp3) is 0.500. The summed E-state index contributed by atoms with van der Waals surface area (Å²) in [5.74, 6) is 0. The molecule has 0 spiro atoms. The van der Waals surface area contributed by atoms with Crippen LogP contribution in [0.15, 0.2) is 82.6 Å². The summed E-state index contributed by atoms with van der Waals surface area (Å²) in [6.45, 7) is 8.94. The quantitative estimate of drug-likeness (QED) is 0.221. The number of hydrogen-bond donors (Lipinski definition) is 2. The smallest absolute Gasteiger partial charge is 0.241 e. The first-order valence-electron chi connectivity index (χ1n) is 19.0. The molecule has 54 heavy (non-hydrogen) atoms. The minimum absolute atomic E-state index is 0.307. The highest BCUT2D eigenvalue weighted by atomic mass is 32.2. The van der Waals surface area contributed by atoms with Gasteiger partial charge in [-0.15, -0.1) is 0 Å². The molecule has 0 atom stereocenters. The summed E-state index contributed by atoms with van der Waals surface area (Å²) in [6.07, 6.45) is 1.92. The van der Waals surface area contributed by atoms with E-state index in [9.17, 15) is 16.8 Å². The molecule has 14 heteroatoms. The first-order valence-corrected chi connectivity index (χ1v) is 21.9. The maximum atomic E-state index is 13.5. The first kappa shape index (κ1) is 41.8. The third-order valence-corrected chi connectivity index (χ3v) is 13.4. The van der Waals surface area contributed by atoms with E-state index in [1.54, 1.807) is 12.1 Å². The Labute approximate surface area is 323 Å². The van der Waals surface area contributed by atoms with Crippen molar-refractivity contribution >= 4 is 53.0 Å². The third kappa shape index (κ3) is 10.9. The molecule has 5 rings (SSSR count). The van der Waals surface area contributed by atoms with E-state index in [-0.39, 0.29) is 0 Å². The van der Waals surface area contributed by atoms with Crippen LogP contribution in [0.3, 0.4) is 0 Å². The van der Waals surface area contributed by atoms with Crippen molar-refractivity contribution in [3.05, 3.63) is 72.8 Å². The molecule has 0 aliphatic carbocycles. The molecule has 1 aliphatic heterocycles. The number of rotatable bonds is 12. The number of likely N-dealkylation sites (N-methyl/N-ethyl adjacent to an activating group) is 2. The van der Waals surface area contributed by atoms with Crippen molar-refractivity contribution in [2.45, 2.75) is 22.6 Å². The standard InChI is InChI=1S/C40H60N8O4S2/c1-43(2)37-17-7-15-35-33(37)13-9-19-39(35)53(49,50)41-21-27-47-25-11-23-46(6)30-32-48(26-12-24-45(5)29-31-47)28-22-42-54(51,52)40-20-10-14-34-36(40)16-8-18-38(34)44(3)4/h7-10,13-20,41-42H,11-12,21-32H2,1-6H3. The molecular weight excluding hydrogens is 721 g/mol. The van der Waals surface area contributed by atoms with E-state index in [1.165, 1.54) is 0 Å². The van der Waals surface area contributed by atoms with Crippen LogP contribution in [0.25, 0.3) is 21.5 Å². The molecule has 0 bridgehead atoms. The van der Waals surface area contributed by atoms with E-state index in [0.717, 1.165) is 98.1 Å². The van der Waals surface area contributed by atoms with Gasteiger partial charge in [-0.05, 0) is 77.4 Å². The van der Waals surface area contributed by atoms with E-state index < -0.39 is 20.0 Å². The lowest BCUT2D eigenvalue weighted by molar-refractivity contribution is 0.181. The average Bonchev–Trinajstić information content (AvgIpc) is 3.13. The summed E-state index contributed by atoms with van der Waals surface area (Å²) in [5.41, 5.74) is 1.97. The minimum Gasteiger partial charge on any atom is -0.377 e. The Morgan fingerprint density at radius 2 is 0.870 bits per heavy atom. The summed E-state index contributed by atoms with van der Waals surface area (Å²) < 4.78 is 59.9. The molecule has 2 N–H and O–H groups in total. The fourth-order valence-electron chi connectivity index (χ4n) is 7.26. The molecule has 4 aromatic carbocycles. The Bertz CT molecular complexity index is 1910. The molecule has 0 radical (unpaired) electrons. The van der Waals surface area contributed by atoms with Gasteiger partial charge < -0.3 is 29.4 Å². The first-order chi connectivity index (χ1) is 25.8. The van der Waals surface area contributed by atoms with Gasteiger partial charge in [0.15, 0.2) is 0 Å². The SMILES string of the molecule is CN1CCCN(CCNS(=O)(=O)c2cccc3c(N(C)C)cccc23)CCN(C)CCCN(CCNS(=O)(=O)c2cccc3c(N(C)C)cccc23)CC1. The third-order valence-electron chi connectivity index (χ3n) is 10.3. The number of anilines is 2. The summed E-state index contributed by atoms with van der Waals surface area (Å²) in [4.78, 5) is 14.0. The molecular formula is C40H60N8O4S2. The van der Waals surface area contributed by atoms with Gasteiger partial charge in [0.05, 0.1) is 9.79 Å². The Hall–Kier alpha value is -3.34. The second-order valence-electron chi connectivity index (χ2n) is 14.8. The lowest BCUT2D eigenvalue weighted by Gasteiger charge is -2.30. The Morgan fingerprint density at radius 1 is 0.500 bits per heavy atom. The van der Waals surface area contributed by atoms with E-state index >= 15 is 0 Å². The molecule has 12 nitrogen and oxygen atoms in total. The predicted molar refractivity (Wildman–Crippen MR) is 224 cm³/mol. The van der Waals surface area contributed by atoms with Gasteiger partial charge in [-0.2, -0.15) is 0 Å². The Balaban J connectivity index is 1.13. The maximum Gasteiger partial charge on any atom is 0.241 e. The van der Waals surface area contributed by atoms with Crippen molar-refractivity contribution in [1.29, 1.82) is 0 Å². The van der Waals surface area contributed by atoms with Crippen LogP contribution in [0.4, 0.5) is 11.4 Å². The molecule has 1 saturated heterocycles. The average molecular weight is 781 g/mol. The zero-order valence-corrected chi connectivity index (χ0v) is 34.6. The predicted octanol–water partition coefficient (Wildman–Crippen LogP) is 3.64. The number of sulfonamides is 2. The van der Waals surface area contributed by atoms with Crippen LogP contribution in [-0.4, -0.2) is 157 Å². The molecule has 0 aromatic heterocycles. The van der Waals surface area contributed by atoms with Gasteiger partial charge in [0, 0.05) is 113 Å². The van der Waals surface area contributed by atoms with Crippen molar-refractivity contribution in [3.63, 3.8) is 0 Å². The molecule has 0 amide bonds. The van der Waals surface area contributed by atoms with Gasteiger partial charge in [-0.25, -0.2) is 26.3 Å². The number of fused-ring (bicyclic) bond motifs is 2. The van der Waals surface area contributed by atoms with Gasteiger partial charge >= 0.3 is 0 Å². The van der Waals surface area contributed by atoms with Crippen molar-refractivity contribution in [3.8, 4) is 0 Å². The zero-order valence-electron chi connectivity index (χ0n) is 33.0. The van der Waals surface area contributed by atoms with Gasteiger partial charge in [0.1, 0.15) is 0 Å². The van der Waals surface area contributed by atoms with Crippen LogP contribution in [0.1, 0.15) is 12.8 Å². The minimum atomic E-state index is -3.70. The molecule has 1 fully saturated rings. The molecule has 1 aliphatic rings. The highest BCUT2D eigenvalue weighted by Gasteiger charge is 2.21. The molecule has 1 heterocycles. The number of nitrogens with zero attached hydrogens (tertiary/aromatic N) is 6. The summed E-state index contributed by atoms with van der Waals surface area (Å²) >= 11 is 0. The zero-order chi connectivity index (χ0) is 38.9. The van der Waals surface area contributed by atoms with E-state index in [2.05, 4.69) is 43.1 Å². The summed E-state index contributed by atoms with van der Waals surface area (Å²) in [5, 5.41) is 3.27. The van der Waals surface area contributed by atoms with Crippen LogP contribution in [0.2, 0.25) is 0 Å². The number of hydrogen-bond acceptors (Lipinski definition) is 10. The monoisotopic (exact) mass is 780 g/mol. The largest absolute Gasteiger partial charge is 0.377 e. The summed E-state index contributed by atoms with van der Waals surface area (Å²) in [6, 6.07) is 22.5. The molecule has 0 saturated carbocycles. The van der Waals surface area contributed by atoms with Gasteiger partial charge in [-0.3, -0.25) is 0 Å². The lowest BCUT2D eigenvalue weighted by Crippen LogP contribution is -2.43. The maximum absolute atomic E-state index is 13.5. The second kappa shape index (κ2) is 19.0. The number of benzene rings is 4. The van der Waals surface area contributed by atoms with Gasteiger partial charge in [-0.1, -0.05) is 48.5 Å². The van der Waals surface area contributed by atoms with Crippen LogP contribution in [0.5, 0.6) is 0 Å². The van der Waals surface area contributed by atoms with E-state index in [4.69, 9.17) is 0 Å².